The molecule has 1 aromatic rings. The van der Waals surface area contributed by atoms with E-state index < -0.39 is 36.2 Å². The van der Waals surface area contributed by atoms with Crippen molar-refractivity contribution < 1.29 is 24.2 Å². The molecule has 2 heterocycles. The molecule has 1 aromatic heterocycles. The van der Waals surface area contributed by atoms with Crippen LogP contribution < -0.4 is 10.6 Å². The van der Waals surface area contributed by atoms with E-state index in [-0.39, 0.29) is 6.42 Å². The number of nitrogens with one attached hydrogen (secondary N) is 2. The zero-order valence-corrected chi connectivity index (χ0v) is 11.3. The number of aromatic nitrogens is 1. The minimum atomic E-state index is -1.16. The molecule has 1 saturated heterocycles. The Kier molecular flexibility index (Phi) is 4.18. The van der Waals surface area contributed by atoms with Crippen LogP contribution in [0.2, 0.25) is 0 Å². The first-order chi connectivity index (χ1) is 9.47. The Morgan fingerprint density at radius 3 is 2.90 bits per heavy atom. The molecule has 1 fully saturated rings. The molecule has 2 rings (SSSR count). The highest BCUT2D eigenvalue weighted by atomic mass is 32.1. The first kappa shape index (κ1) is 14.3. The van der Waals surface area contributed by atoms with E-state index in [9.17, 15) is 14.4 Å². The summed E-state index contributed by atoms with van der Waals surface area (Å²) in [5, 5.41) is 15.5. The van der Waals surface area contributed by atoms with Crippen molar-refractivity contribution in [3.8, 4) is 0 Å². The molecular formula is C11H13N3O5S. The summed E-state index contributed by atoms with van der Waals surface area (Å²) in [5.41, 5.74) is 2.17. The summed E-state index contributed by atoms with van der Waals surface area (Å²) >= 11 is 1.34. The third-order valence-electron chi connectivity index (χ3n) is 2.83. The fourth-order valence-corrected chi connectivity index (χ4v) is 2.37. The molecule has 0 aromatic carbocycles. The van der Waals surface area contributed by atoms with Gasteiger partial charge in [-0.1, -0.05) is 0 Å². The normalized spacial score (nSPS) is 22.8. The summed E-state index contributed by atoms with van der Waals surface area (Å²) in [6.07, 6.45) is -1.25. The number of carboxylic acid groups (broad SMARTS) is 1. The Hall–Kier alpha value is -2.16. The van der Waals surface area contributed by atoms with Gasteiger partial charge in [-0.3, -0.25) is 4.79 Å². The summed E-state index contributed by atoms with van der Waals surface area (Å²) in [6, 6.07) is -1.99. The summed E-state index contributed by atoms with van der Waals surface area (Å²) in [4.78, 5) is 38.1. The van der Waals surface area contributed by atoms with Crippen molar-refractivity contribution in [1.29, 1.82) is 0 Å². The van der Waals surface area contributed by atoms with Crippen molar-refractivity contribution in [2.45, 2.75) is 31.5 Å². The van der Waals surface area contributed by atoms with Gasteiger partial charge in [-0.05, 0) is 6.92 Å². The van der Waals surface area contributed by atoms with Crippen molar-refractivity contribution in [1.82, 2.24) is 15.6 Å². The Labute approximate surface area is 118 Å². The minimum Gasteiger partial charge on any atom is -0.480 e. The maximum Gasteiger partial charge on any atom is 0.408 e. The van der Waals surface area contributed by atoms with E-state index >= 15 is 0 Å². The minimum absolute atomic E-state index is 0.0838. The van der Waals surface area contributed by atoms with Crippen molar-refractivity contribution >= 4 is 29.3 Å². The van der Waals surface area contributed by atoms with Gasteiger partial charge in [0.1, 0.15) is 18.2 Å². The smallest absolute Gasteiger partial charge is 0.408 e. The van der Waals surface area contributed by atoms with E-state index in [0.29, 0.717) is 5.69 Å². The van der Waals surface area contributed by atoms with Gasteiger partial charge in [0.05, 0.1) is 11.2 Å². The number of alkyl carbamates (subject to hydrolysis) is 1. The lowest BCUT2D eigenvalue weighted by Crippen LogP contribution is -2.52. The number of hydrogen-bond donors (Lipinski definition) is 3. The maximum atomic E-state index is 12.0. The highest BCUT2D eigenvalue weighted by Gasteiger charge is 2.37. The monoisotopic (exact) mass is 299 g/mol. The van der Waals surface area contributed by atoms with Crippen LogP contribution in [0.3, 0.4) is 0 Å². The van der Waals surface area contributed by atoms with Crippen molar-refractivity contribution in [3.63, 3.8) is 0 Å². The topological polar surface area (TPSA) is 118 Å². The molecule has 0 bridgehead atoms. The number of aliphatic carboxylic acids is 1. The van der Waals surface area contributed by atoms with Gasteiger partial charge >= 0.3 is 12.1 Å². The van der Waals surface area contributed by atoms with E-state index in [1.807, 2.05) is 0 Å². The van der Waals surface area contributed by atoms with Crippen LogP contribution in [0.15, 0.2) is 10.9 Å². The van der Waals surface area contributed by atoms with E-state index in [1.54, 1.807) is 17.8 Å². The third kappa shape index (κ3) is 3.23. The number of carbonyl (C=O) groups excluding carboxylic acids is 2. The van der Waals surface area contributed by atoms with Crippen molar-refractivity contribution in [3.05, 3.63) is 16.6 Å². The lowest BCUT2D eigenvalue weighted by molar-refractivity contribution is -0.142. The van der Waals surface area contributed by atoms with Crippen LogP contribution in [0.25, 0.3) is 0 Å². The molecule has 2 amide bonds. The number of amides is 2. The highest BCUT2D eigenvalue weighted by Crippen LogP contribution is 2.09. The van der Waals surface area contributed by atoms with Crippen LogP contribution in [0.4, 0.5) is 4.79 Å². The molecule has 3 N–H and O–H groups in total. The summed E-state index contributed by atoms with van der Waals surface area (Å²) in [6.45, 7) is 1.55. The molecular weight excluding hydrogens is 286 g/mol. The van der Waals surface area contributed by atoms with Gasteiger partial charge in [-0.15, -0.1) is 11.3 Å². The maximum absolute atomic E-state index is 12.0. The lowest BCUT2D eigenvalue weighted by Gasteiger charge is -2.17. The number of cyclic esters (lactones) is 1. The highest BCUT2D eigenvalue weighted by molar-refractivity contribution is 7.07. The quantitative estimate of drug-likeness (QED) is 0.690. The molecule has 1 aliphatic heterocycles. The largest absolute Gasteiger partial charge is 0.480 e. The Morgan fingerprint density at radius 2 is 2.40 bits per heavy atom. The summed E-state index contributed by atoms with van der Waals surface area (Å²) in [7, 11) is 0. The SMILES string of the molecule is CC1OC(=O)NC1C(=O)NC(Cc1cscn1)C(=O)O. The molecule has 9 heteroatoms. The number of thiazole rings is 1. The molecule has 20 heavy (non-hydrogen) atoms. The standard InChI is InChI=1S/C11H13N3O5S/c1-5-8(14-11(18)19-5)9(15)13-7(10(16)17)2-6-3-20-4-12-6/h3-5,7-8H,2H2,1H3,(H,13,15)(H,14,18)(H,16,17). The average Bonchev–Trinajstić information content (AvgIpc) is 2.97. The zero-order valence-electron chi connectivity index (χ0n) is 10.5. The van der Waals surface area contributed by atoms with Crippen molar-refractivity contribution in [2.75, 3.05) is 0 Å². The summed E-state index contributed by atoms with van der Waals surface area (Å²) in [5.74, 6) is -1.75. The number of carboxylic acids is 1. The third-order valence-corrected chi connectivity index (χ3v) is 3.46. The van der Waals surface area contributed by atoms with Crippen molar-refractivity contribution in [2.24, 2.45) is 0 Å². The van der Waals surface area contributed by atoms with E-state index in [2.05, 4.69) is 15.6 Å². The van der Waals surface area contributed by atoms with Crippen LogP contribution in [0, 0.1) is 0 Å². The van der Waals surface area contributed by atoms with Crippen LogP contribution >= 0.6 is 11.3 Å². The molecule has 3 unspecified atom stereocenters. The van der Waals surface area contributed by atoms with Gasteiger partial charge in [0.15, 0.2) is 0 Å². The van der Waals surface area contributed by atoms with Crippen LogP contribution in [0.5, 0.6) is 0 Å². The van der Waals surface area contributed by atoms with Crippen LogP contribution in [0.1, 0.15) is 12.6 Å². The molecule has 108 valence electrons. The van der Waals surface area contributed by atoms with Gasteiger partial charge in [0, 0.05) is 11.8 Å². The Balaban J connectivity index is 1.99. The van der Waals surface area contributed by atoms with E-state index in [4.69, 9.17) is 9.84 Å². The lowest BCUT2D eigenvalue weighted by atomic mass is 10.1. The number of nitrogens with zero attached hydrogens (tertiary/aromatic N) is 1. The Morgan fingerprint density at radius 1 is 1.65 bits per heavy atom. The number of ether oxygens (including phenoxy) is 1. The molecule has 1 aliphatic rings. The van der Waals surface area contributed by atoms with Gasteiger partial charge in [0.2, 0.25) is 5.91 Å². The average molecular weight is 299 g/mol. The second-order valence-corrected chi connectivity index (χ2v) is 5.03. The number of rotatable bonds is 5. The van der Waals surface area contributed by atoms with Gasteiger partial charge in [-0.25, -0.2) is 14.6 Å². The molecule has 3 atom stereocenters. The molecule has 0 radical (unpaired) electrons. The van der Waals surface area contributed by atoms with Gasteiger partial charge in [-0.2, -0.15) is 0 Å². The van der Waals surface area contributed by atoms with Crippen LogP contribution in [-0.4, -0.2) is 46.2 Å². The fourth-order valence-electron chi connectivity index (χ4n) is 1.80. The number of hydrogen-bond acceptors (Lipinski definition) is 6. The Bertz CT molecular complexity index is 518. The molecule has 0 saturated carbocycles. The first-order valence-electron chi connectivity index (χ1n) is 5.84. The fraction of sp³-hybridized carbons (Fsp3) is 0.455. The zero-order chi connectivity index (χ0) is 14.7. The molecule has 0 spiro atoms. The second kappa shape index (κ2) is 5.87. The molecule has 0 aliphatic carbocycles. The predicted octanol–water partition coefficient (Wildman–Crippen LogP) is -0.248. The van der Waals surface area contributed by atoms with E-state index in [0.717, 1.165) is 0 Å². The summed E-state index contributed by atoms with van der Waals surface area (Å²) < 4.78 is 4.77. The van der Waals surface area contributed by atoms with E-state index in [1.165, 1.54) is 11.3 Å². The second-order valence-electron chi connectivity index (χ2n) is 4.32. The van der Waals surface area contributed by atoms with Gasteiger partial charge < -0.3 is 20.5 Å². The predicted molar refractivity (Wildman–Crippen MR) is 68.3 cm³/mol. The molecule has 8 nitrogen and oxygen atoms in total. The van der Waals surface area contributed by atoms with Gasteiger partial charge in [0.25, 0.3) is 0 Å². The van der Waals surface area contributed by atoms with Crippen LogP contribution in [-0.2, 0) is 20.7 Å². The first-order valence-corrected chi connectivity index (χ1v) is 6.79. The number of carbonyl (C=O) groups is 3.